The molecule has 0 spiro atoms. The second-order valence-corrected chi connectivity index (χ2v) is 4.93. The molecule has 0 aliphatic carbocycles. The van der Waals surface area contributed by atoms with Crippen LogP contribution in [0.1, 0.15) is 18.5 Å². The van der Waals surface area contributed by atoms with Gasteiger partial charge in [-0.15, -0.1) is 0 Å². The summed E-state index contributed by atoms with van der Waals surface area (Å²) in [6.07, 6.45) is 0. The number of amides is 2. The van der Waals surface area contributed by atoms with Crippen LogP contribution in [0.15, 0.2) is 48.5 Å². The van der Waals surface area contributed by atoms with E-state index in [9.17, 15) is 14.0 Å². The van der Waals surface area contributed by atoms with Crippen LogP contribution in [0, 0.1) is 5.82 Å². The first kappa shape index (κ1) is 16.5. The fourth-order valence-electron chi connectivity index (χ4n) is 1.99. The van der Waals surface area contributed by atoms with Crippen LogP contribution in [0.3, 0.4) is 0 Å². The molecule has 0 saturated heterocycles. The fourth-order valence-corrected chi connectivity index (χ4v) is 1.99. The molecule has 0 aliphatic heterocycles. The predicted octanol–water partition coefficient (Wildman–Crippen LogP) is 2.65. The van der Waals surface area contributed by atoms with Crippen molar-refractivity contribution in [3.05, 3.63) is 59.9 Å². The highest BCUT2D eigenvalue weighted by molar-refractivity contribution is 6.39. The van der Waals surface area contributed by atoms with Gasteiger partial charge in [-0.25, -0.2) is 4.39 Å². The normalized spacial score (nSPS) is 11.4. The number of carbonyl (C=O) groups is 2. The molecule has 2 aromatic rings. The van der Waals surface area contributed by atoms with Crippen molar-refractivity contribution in [3.8, 4) is 5.75 Å². The third-order valence-corrected chi connectivity index (χ3v) is 3.25. The fraction of sp³-hybridized carbons (Fsp3) is 0.176. The summed E-state index contributed by atoms with van der Waals surface area (Å²) in [5.74, 6) is -1.43. The Bertz CT molecular complexity index is 701. The molecule has 1 unspecified atom stereocenters. The zero-order valence-electron chi connectivity index (χ0n) is 12.8. The largest absolute Gasteiger partial charge is 0.497 e. The van der Waals surface area contributed by atoms with Crippen LogP contribution in [-0.2, 0) is 9.59 Å². The van der Waals surface area contributed by atoms with Gasteiger partial charge in [-0.05, 0) is 42.8 Å². The number of hydrogen-bond donors (Lipinski definition) is 2. The molecule has 2 rings (SSSR count). The number of hydrogen-bond acceptors (Lipinski definition) is 3. The van der Waals surface area contributed by atoms with Crippen LogP contribution < -0.4 is 15.4 Å². The van der Waals surface area contributed by atoms with E-state index in [0.29, 0.717) is 5.75 Å². The van der Waals surface area contributed by atoms with Gasteiger partial charge in [0.1, 0.15) is 11.6 Å². The van der Waals surface area contributed by atoms with Gasteiger partial charge in [0.15, 0.2) is 0 Å². The Labute approximate surface area is 133 Å². The van der Waals surface area contributed by atoms with E-state index in [2.05, 4.69) is 10.6 Å². The molecule has 0 fully saturated rings. The molecule has 0 heterocycles. The molecule has 0 aliphatic rings. The molecule has 120 valence electrons. The number of ether oxygens (including phenoxy) is 1. The topological polar surface area (TPSA) is 67.4 Å². The zero-order chi connectivity index (χ0) is 16.8. The summed E-state index contributed by atoms with van der Waals surface area (Å²) in [6, 6.07) is 12.1. The average molecular weight is 316 g/mol. The van der Waals surface area contributed by atoms with Crippen LogP contribution in [0.5, 0.6) is 5.75 Å². The third-order valence-electron chi connectivity index (χ3n) is 3.25. The molecule has 0 radical (unpaired) electrons. The lowest BCUT2D eigenvalue weighted by Gasteiger charge is -2.14. The first-order valence-corrected chi connectivity index (χ1v) is 7.01. The second-order valence-electron chi connectivity index (χ2n) is 4.93. The maximum Gasteiger partial charge on any atom is 0.313 e. The van der Waals surface area contributed by atoms with Gasteiger partial charge in [-0.1, -0.05) is 18.2 Å². The molecule has 23 heavy (non-hydrogen) atoms. The lowest BCUT2D eigenvalue weighted by molar-refractivity contribution is -0.136. The van der Waals surface area contributed by atoms with Gasteiger partial charge in [0.2, 0.25) is 0 Å². The van der Waals surface area contributed by atoms with Crippen molar-refractivity contribution in [2.24, 2.45) is 0 Å². The molecule has 0 bridgehead atoms. The first-order chi connectivity index (χ1) is 11.0. The maximum absolute atomic E-state index is 13.0. The van der Waals surface area contributed by atoms with Crippen LogP contribution in [0.2, 0.25) is 0 Å². The zero-order valence-corrected chi connectivity index (χ0v) is 12.8. The van der Waals surface area contributed by atoms with Crippen molar-refractivity contribution < 1.29 is 18.7 Å². The van der Waals surface area contributed by atoms with E-state index in [4.69, 9.17) is 4.74 Å². The van der Waals surface area contributed by atoms with Crippen molar-refractivity contribution in [2.75, 3.05) is 12.4 Å². The van der Waals surface area contributed by atoms with E-state index in [1.807, 2.05) is 0 Å². The van der Waals surface area contributed by atoms with Crippen LogP contribution in [-0.4, -0.2) is 18.9 Å². The minimum absolute atomic E-state index is 0.224. The molecular weight excluding hydrogens is 299 g/mol. The highest BCUT2D eigenvalue weighted by atomic mass is 19.1. The molecule has 0 aromatic heterocycles. The van der Waals surface area contributed by atoms with Crippen molar-refractivity contribution in [1.29, 1.82) is 0 Å². The van der Waals surface area contributed by atoms with Crippen molar-refractivity contribution in [2.45, 2.75) is 13.0 Å². The summed E-state index contributed by atoms with van der Waals surface area (Å²) in [4.78, 5) is 23.7. The highest BCUT2D eigenvalue weighted by Gasteiger charge is 2.17. The van der Waals surface area contributed by atoms with Gasteiger partial charge in [0, 0.05) is 5.69 Å². The van der Waals surface area contributed by atoms with E-state index < -0.39 is 17.6 Å². The molecule has 2 N–H and O–H groups in total. The quantitative estimate of drug-likeness (QED) is 0.852. The Balaban J connectivity index is 1.95. The Morgan fingerprint density at radius 2 is 1.78 bits per heavy atom. The van der Waals surface area contributed by atoms with E-state index >= 15 is 0 Å². The Hall–Kier alpha value is -2.89. The third kappa shape index (κ3) is 4.54. The lowest BCUT2D eigenvalue weighted by atomic mass is 10.1. The van der Waals surface area contributed by atoms with Crippen molar-refractivity contribution in [1.82, 2.24) is 5.32 Å². The van der Waals surface area contributed by atoms with Gasteiger partial charge in [-0.3, -0.25) is 9.59 Å². The second kappa shape index (κ2) is 7.40. The van der Waals surface area contributed by atoms with Gasteiger partial charge in [0.05, 0.1) is 13.2 Å². The summed E-state index contributed by atoms with van der Waals surface area (Å²) in [5, 5.41) is 4.93. The smallest absolute Gasteiger partial charge is 0.313 e. The summed E-state index contributed by atoms with van der Waals surface area (Å²) < 4.78 is 18.1. The van der Waals surface area contributed by atoms with Gasteiger partial charge in [-0.2, -0.15) is 0 Å². The maximum atomic E-state index is 13.0. The number of nitrogens with one attached hydrogen (secondary N) is 2. The van der Waals surface area contributed by atoms with E-state index in [0.717, 1.165) is 11.6 Å². The molecule has 0 saturated carbocycles. The number of carbonyl (C=O) groups excluding carboxylic acids is 2. The minimum Gasteiger partial charge on any atom is -0.497 e. The Kier molecular flexibility index (Phi) is 5.30. The molecular formula is C17H17FN2O3. The van der Waals surface area contributed by atoms with Crippen molar-refractivity contribution >= 4 is 17.5 Å². The van der Waals surface area contributed by atoms with E-state index in [1.54, 1.807) is 38.3 Å². The molecule has 5 nitrogen and oxygen atoms in total. The number of halogens is 1. The summed E-state index contributed by atoms with van der Waals surface area (Å²) in [5.41, 5.74) is 1.06. The number of rotatable bonds is 4. The Morgan fingerprint density at radius 3 is 2.39 bits per heavy atom. The Morgan fingerprint density at radius 1 is 1.09 bits per heavy atom. The van der Waals surface area contributed by atoms with Gasteiger partial charge in [0.25, 0.3) is 0 Å². The molecule has 1 atom stereocenters. The van der Waals surface area contributed by atoms with Crippen LogP contribution >= 0.6 is 0 Å². The summed E-state index contributed by atoms with van der Waals surface area (Å²) >= 11 is 0. The number of benzene rings is 2. The monoisotopic (exact) mass is 316 g/mol. The lowest BCUT2D eigenvalue weighted by Crippen LogP contribution is -2.36. The standard InChI is InChI=1S/C17H17FN2O3/c1-11(12-6-8-15(23-2)9-7-12)19-16(21)17(22)20-14-5-3-4-13(18)10-14/h3-11H,1-2H3,(H,19,21)(H,20,22). The van der Waals surface area contributed by atoms with Gasteiger partial charge >= 0.3 is 11.8 Å². The predicted molar refractivity (Wildman–Crippen MR) is 84.6 cm³/mol. The van der Waals surface area contributed by atoms with E-state index in [1.165, 1.54) is 18.2 Å². The van der Waals surface area contributed by atoms with Crippen LogP contribution in [0.4, 0.5) is 10.1 Å². The van der Waals surface area contributed by atoms with Crippen molar-refractivity contribution in [3.63, 3.8) is 0 Å². The number of anilines is 1. The molecule has 2 amide bonds. The molecule has 2 aromatic carbocycles. The molecule has 6 heteroatoms. The number of methoxy groups -OCH3 is 1. The minimum atomic E-state index is -0.851. The van der Waals surface area contributed by atoms with E-state index in [-0.39, 0.29) is 11.7 Å². The summed E-state index contributed by atoms with van der Waals surface area (Å²) in [7, 11) is 1.57. The SMILES string of the molecule is COc1ccc(C(C)NC(=O)C(=O)Nc2cccc(F)c2)cc1. The first-order valence-electron chi connectivity index (χ1n) is 7.01. The van der Waals surface area contributed by atoms with Crippen LogP contribution in [0.25, 0.3) is 0 Å². The highest BCUT2D eigenvalue weighted by Crippen LogP contribution is 2.17. The summed E-state index contributed by atoms with van der Waals surface area (Å²) in [6.45, 7) is 1.76. The van der Waals surface area contributed by atoms with Gasteiger partial charge < -0.3 is 15.4 Å². The average Bonchev–Trinajstić information content (AvgIpc) is 2.54.